The molecule has 0 atom stereocenters. The summed E-state index contributed by atoms with van der Waals surface area (Å²) in [5.74, 6) is 0. The van der Waals surface area contributed by atoms with E-state index in [0.29, 0.717) is 0 Å². The zero-order chi connectivity index (χ0) is 29.5. The quantitative estimate of drug-likeness (QED) is 0.150. The Morgan fingerprint density at radius 3 is 2.40 bits per heavy atom. The van der Waals surface area contributed by atoms with Crippen molar-refractivity contribution < 1.29 is 0 Å². The van der Waals surface area contributed by atoms with Gasteiger partial charge in [-0.2, -0.15) is 0 Å². The number of nitrogens with zero attached hydrogens (tertiary/aromatic N) is 2. The summed E-state index contributed by atoms with van der Waals surface area (Å²) >= 11 is 0. The second-order valence-corrected chi connectivity index (χ2v) is 10.2. The van der Waals surface area contributed by atoms with Crippen molar-refractivity contribution in [2.24, 2.45) is 0 Å². The van der Waals surface area contributed by atoms with E-state index in [1.165, 1.54) is 22.2 Å². The summed E-state index contributed by atoms with van der Waals surface area (Å²) in [7, 11) is 0. The van der Waals surface area contributed by atoms with Gasteiger partial charge in [0.05, 0.1) is 16.9 Å². The summed E-state index contributed by atoms with van der Waals surface area (Å²) < 4.78 is 2.36. The fourth-order valence-corrected chi connectivity index (χ4v) is 5.81. The van der Waals surface area contributed by atoms with Crippen LogP contribution in [0.5, 0.6) is 0 Å². The molecular weight excluding hydrogens is 508 g/mol. The Hall–Kier alpha value is -5.04. The van der Waals surface area contributed by atoms with Crippen molar-refractivity contribution in [1.29, 1.82) is 0 Å². The lowest BCUT2D eigenvalue weighted by molar-refractivity contribution is 1.08. The molecule has 0 saturated carbocycles. The number of para-hydroxylation sites is 3. The van der Waals surface area contributed by atoms with Gasteiger partial charge in [-0.3, -0.25) is 0 Å². The molecule has 0 bridgehead atoms. The summed E-state index contributed by atoms with van der Waals surface area (Å²) in [6.45, 7) is 15.3. The first kappa shape index (κ1) is 28.5. The fraction of sp³-hybridized carbons (Fsp3) is 0.125. The monoisotopic (exact) mass is 546 g/mol. The normalized spacial score (nSPS) is 14.7. The predicted octanol–water partition coefficient (Wildman–Crippen LogP) is 10.8. The van der Waals surface area contributed by atoms with Gasteiger partial charge in [-0.05, 0) is 62.3 Å². The summed E-state index contributed by atoms with van der Waals surface area (Å²) in [5, 5.41) is 1.18. The lowest BCUT2D eigenvalue weighted by atomic mass is 9.99. The van der Waals surface area contributed by atoms with Gasteiger partial charge in [-0.1, -0.05) is 111 Å². The van der Waals surface area contributed by atoms with Crippen LogP contribution in [0.2, 0.25) is 0 Å². The number of benzene rings is 3. The highest BCUT2D eigenvalue weighted by molar-refractivity contribution is 5.97. The van der Waals surface area contributed by atoms with Crippen LogP contribution in [0.15, 0.2) is 140 Å². The Morgan fingerprint density at radius 1 is 0.929 bits per heavy atom. The van der Waals surface area contributed by atoms with Crippen molar-refractivity contribution in [2.45, 2.75) is 27.2 Å². The van der Waals surface area contributed by atoms with E-state index in [-0.39, 0.29) is 0 Å². The fourth-order valence-electron chi connectivity index (χ4n) is 5.81. The van der Waals surface area contributed by atoms with Crippen molar-refractivity contribution in [3.05, 3.63) is 162 Å². The van der Waals surface area contributed by atoms with Gasteiger partial charge in [-0.25, -0.2) is 0 Å². The number of fused-ring (bicyclic) bond motifs is 2. The molecule has 5 rings (SSSR count). The molecule has 2 heteroatoms. The number of hydrogen-bond acceptors (Lipinski definition) is 1. The van der Waals surface area contributed by atoms with Crippen molar-refractivity contribution in [3.63, 3.8) is 0 Å². The molecule has 3 aromatic carbocycles. The minimum atomic E-state index is 0.778. The second-order valence-electron chi connectivity index (χ2n) is 10.2. The molecule has 2 nitrogen and oxygen atoms in total. The van der Waals surface area contributed by atoms with E-state index in [4.69, 9.17) is 0 Å². The molecule has 1 aliphatic heterocycles. The van der Waals surface area contributed by atoms with E-state index in [0.717, 1.165) is 52.3 Å². The summed E-state index contributed by atoms with van der Waals surface area (Å²) in [6.07, 6.45) is 20.1. The average molecular weight is 547 g/mol. The molecular formula is C40H38N2. The molecule has 4 aromatic rings. The molecule has 0 radical (unpaired) electrons. The van der Waals surface area contributed by atoms with Gasteiger partial charge in [0.2, 0.25) is 0 Å². The van der Waals surface area contributed by atoms with E-state index >= 15 is 0 Å². The van der Waals surface area contributed by atoms with Crippen LogP contribution < -0.4 is 4.90 Å². The first-order valence-corrected chi connectivity index (χ1v) is 14.6. The molecule has 0 N–H and O–H groups in total. The molecule has 0 unspecified atom stereocenters. The molecule has 0 spiro atoms. The van der Waals surface area contributed by atoms with Crippen molar-refractivity contribution in [1.82, 2.24) is 4.57 Å². The highest BCUT2D eigenvalue weighted by atomic mass is 15.2. The highest BCUT2D eigenvalue weighted by Crippen LogP contribution is 2.42. The van der Waals surface area contributed by atoms with E-state index in [9.17, 15) is 0 Å². The molecule has 1 aromatic heterocycles. The van der Waals surface area contributed by atoms with Gasteiger partial charge in [0.25, 0.3) is 0 Å². The molecule has 0 saturated heterocycles. The topological polar surface area (TPSA) is 8.17 Å². The number of rotatable bonds is 9. The minimum absolute atomic E-state index is 0.778. The maximum absolute atomic E-state index is 4.17. The van der Waals surface area contributed by atoms with Gasteiger partial charge in [-0.15, -0.1) is 5.73 Å². The van der Waals surface area contributed by atoms with Gasteiger partial charge < -0.3 is 9.47 Å². The Balaban J connectivity index is 1.85. The van der Waals surface area contributed by atoms with Crippen LogP contribution in [-0.2, 0) is 0 Å². The Labute approximate surface area is 250 Å². The van der Waals surface area contributed by atoms with E-state index in [2.05, 4.69) is 164 Å². The largest absolute Gasteiger partial charge is 0.336 e. The predicted molar refractivity (Wildman–Crippen MR) is 185 cm³/mol. The van der Waals surface area contributed by atoms with Gasteiger partial charge in [0.1, 0.15) is 0 Å². The maximum atomic E-state index is 4.17. The van der Waals surface area contributed by atoms with Crippen LogP contribution in [0, 0.1) is 0 Å². The highest BCUT2D eigenvalue weighted by Gasteiger charge is 2.27. The zero-order valence-electron chi connectivity index (χ0n) is 24.8. The lowest BCUT2D eigenvalue weighted by Crippen LogP contribution is -2.20. The van der Waals surface area contributed by atoms with E-state index in [1.54, 1.807) is 0 Å². The summed E-state index contributed by atoms with van der Waals surface area (Å²) in [4.78, 5) is 2.42. The zero-order valence-corrected chi connectivity index (χ0v) is 24.8. The number of anilines is 1. The Bertz CT molecular complexity index is 1830. The SMILES string of the molecule is C=C=C/C(=C(\C=C/CC)N1C/C(=C\C=C/C)c2ccccc21)c1ccccc1-n1c(/C=C\C)c(C=C)c2ccccc21. The number of hydrogen-bond donors (Lipinski definition) is 0. The average Bonchev–Trinajstić information content (AvgIpc) is 3.55. The second kappa shape index (κ2) is 13.1. The first-order chi connectivity index (χ1) is 20.7. The third-order valence-corrected chi connectivity index (χ3v) is 7.60. The van der Waals surface area contributed by atoms with Crippen molar-refractivity contribution in [2.75, 3.05) is 11.4 Å². The van der Waals surface area contributed by atoms with E-state index < -0.39 is 0 Å². The van der Waals surface area contributed by atoms with Crippen molar-refractivity contribution >= 4 is 39.9 Å². The molecule has 208 valence electrons. The summed E-state index contributed by atoms with van der Waals surface area (Å²) in [6, 6.07) is 25.9. The van der Waals surface area contributed by atoms with E-state index in [1.807, 2.05) is 12.2 Å². The van der Waals surface area contributed by atoms with Crippen LogP contribution >= 0.6 is 0 Å². The molecule has 0 aliphatic carbocycles. The maximum Gasteiger partial charge on any atom is 0.0541 e. The first-order valence-electron chi connectivity index (χ1n) is 14.6. The van der Waals surface area contributed by atoms with Crippen LogP contribution in [0.3, 0.4) is 0 Å². The van der Waals surface area contributed by atoms with Gasteiger partial charge in [0, 0.05) is 45.6 Å². The molecule has 1 aliphatic rings. The Kier molecular flexibility index (Phi) is 8.87. The smallest absolute Gasteiger partial charge is 0.0541 e. The van der Waals surface area contributed by atoms with Gasteiger partial charge in [0.15, 0.2) is 0 Å². The summed E-state index contributed by atoms with van der Waals surface area (Å²) in [5.41, 5.74) is 14.6. The third-order valence-electron chi connectivity index (χ3n) is 7.60. The van der Waals surface area contributed by atoms with Crippen LogP contribution in [0.4, 0.5) is 5.69 Å². The standard InChI is InChI=1S/C40H38N2/c1-6-11-21-30-29-41(36-26-16-13-22-32(30)36)37(25-12-7-2)33(19-8-3)35-24-15-18-28-40(35)42-38(20-9-4)31(10-5)34-23-14-17-27-39(34)42/h6,9-28H,3,5,7,29H2,1-2,4H3/b11-6-,20-9-,25-12-,30-21+,37-33-. The van der Waals surface area contributed by atoms with Crippen molar-refractivity contribution in [3.8, 4) is 5.69 Å². The van der Waals surface area contributed by atoms with Crippen LogP contribution in [0.25, 0.3) is 39.9 Å². The molecule has 0 fully saturated rings. The third kappa shape index (κ3) is 5.21. The van der Waals surface area contributed by atoms with Crippen LogP contribution in [0.1, 0.15) is 49.6 Å². The number of allylic oxidation sites excluding steroid dienone is 8. The molecule has 42 heavy (non-hydrogen) atoms. The molecule has 2 heterocycles. The van der Waals surface area contributed by atoms with Gasteiger partial charge >= 0.3 is 0 Å². The minimum Gasteiger partial charge on any atom is -0.336 e. The van der Waals surface area contributed by atoms with Crippen LogP contribution in [-0.4, -0.2) is 11.1 Å². The number of aromatic nitrogens is 1. The molecule has 0 amide bonds. The lowest BCUT2D eigenvalue weighted by Gasteiger charge is -2.25. The Morgan fingerprint density at radius 2 is 1.67 bits per heavy atom.